The molecule has 1 aromatic carbocycles. The van der Waals surface area contributed by atoms with Crippen molar-refractivity contribution in [2.24, 2.45) is 11.1 Å². The lowest BCUT2D eigenvalue weighted by Gasteiger charge is -2.29. The van der Waals surface area contributed by atoms with Crippen LogP contribution < -0.4 is 0 Å². The third-order valence-corrected chi connectivity index (χ3v) is 3.27. The molecular formula is C16H23NO2. The number of benzene rings is 1. The number of unbranched alkanes of at least 4 members (excludes halogenated alkanes) is 1. The van der Waals surface area contributed by atoms with Crippen LogP contribution in [-0.2, 0) is 9.57 Å². The molecular weight excluding hydrogens is 238 g/mol. The topological polar surface area (TPSA) is 30.8 Å². The summed E-state index contributed by atoms with van der Waals surface area (Å²) in [4.78, 5) is 5.51. The number of nitrogens with zero attached hydrogens (tertiary/aromatic N) is 1. The average molecular weight is 262 g/mol. The fraction of sp³-hybridized carbons (Fsp3) is 0.562. The van der Waals surface area contributed by atoms with Gasteiger partial charge in [-0.3, -0.25) is 0 Å². The van der Waals surface area contributed by atoms with Gasteiger partial charge in [-0.05, 0) is 18.9 Å². The van der Waals surface area contributed by atoms with E-state index in [4.69, 9.17) is 10.9 Å². The summed E-state index contributed by atoms with van der Waals surface area (Å²) in [5.41, 5.74) is 1.67. The summed E-state index contributed by atoms with van der Waals surface area (Å²) in [6.45, 7) is 4.68. The molecule has 0 radical (unpaired) electrons. The summed E-state index contributed by atoms with van der Waals surface area (Å²) >= 11 is 0. The molecule has 1 aromatic rings. The molecule has 0 unspecified atom stereocenters. The van der Waals surface area contributed by atoms with Crippen LogP contribution in [0.5, 0.6) is 0 Å². The second-order valence-electron chi connectivity index (χ2n) is 4.74. The molecule has 0 bridgehead atoms. The maximum Gasteiger partial charge on any atom is 0.230 e. The summed E-state index contributed by atoms with van der Waals surface area (Å²) in [5.74, 6) is 0.0441. The van der Waals surface area contributed by atoms with Gasteiger partial charge in [0.15, 0.2) is 0 Å². The van der Waals surface area contributed by atoms with Gasteiger partial charge in [-0.15, -0.1) is 0 Å². The summed E-state index contributed by atoms with van der Waals surface area (Å²) in [7, 11) is 0. The molecule has 0 saturated carbocycles. The van der Waals surface area contributed by atoms with Gasteiger partial charge in [0.05, 0.1) is 5.71 Å². The van der Waals surface area contributed by atoms with E-state index >= 15 is 0 Å². The monoisotopic (exact) mass is 262 g/mol. The van der Waals surface area contributed by atoms with Gasteiger partial charge in [0.2, 0.25) is 6.29 Å². The molecule has 1 heterocycles. The Bertz CT molecular complexity index is 435. The van der Waals surface area contributed by atoms with Crippen LogP contribution in [0, 0.1) is 5.92 Å². The van der Waals surface area contributed by atoms with Gasteiger partial charge < -0.3 is 9.57 Å². The van der Waals surface area contributed by atoms with Gasteiger partial charge >= 0.3 is 0 Å². The molecule has 0 spiro atoms. The SMILES string of the molecule is [2H][C@H]1C(c2ccccc2)=NO[C@@H](OCC)[C@@H]1CCCC. The van der Waals surface area contributed by atoms with Crippen molar-refractivity contribution in [1.29, 1.82) is 0 Å². The summed E-state index contributed by atoms with van der Waals surface area (Å²) in [5, 5.41) is 4.14. The third-order valence-electron chi connectivity index (χ3n) is 3.27. The molecule has 3 atom stereocenters. The zero-order valence-electron chi connectivity index (χ0n) is 12.7. The lowest BCUT2D eigenvalue weighted by atomic mass is 9.92. The Balaban J connectivity index is 2.19. The number of oxime groups is 1. The molecule has 1 aliphatic rings. The molecule has 3 nitrogen and oxygen atoms in total. The first kappa shape index (κ1) is 12.7. The maximum atomic E-state index is 8.52. The van der Waals surface area contributed by atoms with Gasteiger partial charge in [-0.25, -0.2) is 0 Å². The lowest BCUT2D eigenvalue weighted by molar-refractivity contribution is -0.176. The van der Waals surface area contributed by atoms with Crippen LogP contribution in [0.3, 0.4) is 0 Å². The first-order valence-corrected chi connectivity index (χ1v) is 7.10. The molecule has 1 aliphatic heterocycles. The fourth-order valence-electron chi connectivity index (χ4n) is 2.23. The molecule has 104 valence electrons. The Labute approximate surface area is 117 Å². The summed E-state index contributed by atoms with van der Waals surface area (Å²) in [6, 6.07) is 9.83. The van der Waals surface area contributed by atoms with E-state index in [1.165, 1.54) is 0 Å². The first-order valence-electron chi connectivity index (χ1n) is 7.68. The van der Waals surface area contributed by atoms with Crippen LogP contribution in [0.15, 0.2) is 35.5 Å². The Morgan fingerprint density at radius 1 is 1.37 bits per heavy atom. The van der Waals surface area contributed by atoms with Gasteiger partial charge in [0.25, 0.3) is 0 Å². The highest BCUT2D eigenvalue weighted by molar-refractivity contribution is 6.00. The van der Waals surface area contributed by atoms with Crippen LogP contribution in [0.25, 0.3) is 0 Å². The zero-order valence-corrected chi connectivity index (χ0v) is 11.7. The minimum absolute atomic E-state index is 0.0441. The van der Waals surface area contributed by atoms with E-state index in [1.54, 1.807) is 0 Å². The van der Waals surface area contributed by atoms with Crippen molar-refractivity contribution in [3.63, 3.8) is 0 Å². The molecule has 2 rings (SSSR count). The van der Waals surface area contributed by atoms with E-state index in [0.29, 0.717) is 12.3 Å². The molecule has 0 fully saturated rings. The third kappa shape index (κ3) is 3.80. The number of hydrogen-bond donors (Lipinski definition) is 0. The van der Waals surface area contributed by atoms with Gasteiger partial charge in [0, 0.05) is 20.3 Å². The van der Waals surface area contributed by atoms with Crippen LogP contribution in [0.4, 0.5) is 0 Å². The largest absolute Gasteiger partial charge is 0.363 e. The highest BCUT2D eigenvalue weighted by atomic mass is 16.8. The highest BCUT2D eigenvalue weighted by Crippen LogP contribution is 2.27. The lowest BCUT2D eigenvalue weighted by Crippen LogP contribution is -2.32. The Hall–Kier alpha value is -1.35. The van der Waals surface area contributed by atoms with E-state index in [1.807, 2.05) is 37.3 Å². The molecule has 0 aliphatic carbocycles. The molecule has 0 amide bonds. The quantitative estimate of drug-likeness (QED) is 0.776. The predicted octanol–water partition coefficient (Wildman–Crippen LogP) is 3.98. The van der Waals surface area contributed by atoms with Crippen molar-refractivity contribution in [2.75, 3.05) is 6.61 Å². The van der Waals surface area contributed by atoms with Gasteiger partial charge in [-0.2, -0.15) is 0 Å². The fourth-order valence-corrected chi connectivity index (χ4v) is 2.23. The second-order valence-corrected chi connectivity index (χ2v) is 4.74. The van der Waals surface area contributed by atoms with Crippen LogP contribution in [0.1, 0.15) is 46.4 Å². The first-order chi connectivity index (χ1) is 9.77. The summed E-state index contributed by atoms with van der Waals surface area (Å²) < 4.78 is 14.1. The Kier molecular flexibility index (Phi) is 4.86. The van der Waals surface area contributed by atoms with Crippen molar-refractivity contribution < 1.29 is 10.9 Å². The van der Waals surface area contributed by atoms with Crippen LogP contribution in [-0.4, -0.2) is 18.6 Å². The van der Waals surface area contributed by atoms with Crippen molar-refractivity contribution >= 4 is 5.71 Å². The van der Waals surface area contributed by atoms with Crippen LogP contribution in [0.2, 0.25) is 0 Å². The molecule has 0 aromatic heterocycles. The standard InChI is InChI=1S/C16H23NO2/c1-3-5-9-14-12-15(13-10-7-6-8-11-13)17-19-16(14)18-4-2/h6-8,10-11,14,16H,3-5,9,12H2,1-2H3/t14-,16-/m1/s1/i12D/t12-,14-,16-. The van der Waals surface area contributed by atoms with Crippen molar-refractivity contribution in [3.05, 3.63) is 35.9 Å². The van der Waals surface area contributed by atoms with Crippen LogP contribution >= 0.6 is 0 Å². The van der Waals surface area contributed by atoms with Crippen molar-refractivity contribution in [1.82, 2.24) is 0 Å². The number of ether oxygens (including phenoxy) is 1. The Morgan fingerprint density at radius 3 is 2.84 bits per heavy atom. The van der Waals surface area contributed by atoms with Crippen molar-refractivity contribution in [3.8, 4) is 0 Å². The predicted molar refractivity (Wildman–Crippen MR) is 77.1 cm³/mol. The minimum Gasteiger partial charge on any atom is -0.363 e. The van der Waals surface area contributed by atoms with E-state index in [0.717, 1.165) is 24.8 Å². The minimum atomic E-state index is -0.394. The number of hydrogen-bond acceptors (Lipinski definition) is 3. The van der Waals surface area contributed by atoms with Crippen molar-refractivity contribution in [2.45, 2.75) is 45.8 Å². The van der Waals surface area contributed by atoms with E-state index in [2.05, 4.69) is 12.1 Å². The zero-order chi connectivity index (χ0) is 14.4. The Morgan fingerprint density at radius 2 is 2.16 bits per heavy atom. The summed E-state index contributed by atoms with van der Waals surface area (Å²) in [6.07, 6.45) is 2.34. The normalized spacial score (nSPS) is 27.4. The molecule has 3 heteroatoms. The number of rotatable bonds is 6. The van der Waals surface area contributed by atoms with E-state index in [9.17, 15) is 0 Å². The van der Waals surface area contributed by atoms with E-state index in [-0.39, 0.29) is 12.2 Å². The maximum absolute atomic E-state index is 8.52. The smallest absolute Gasteiger partial charge is 0.230 e. The molecule has 0 N–H and O–H groups in total. The average Bonchev–Trinajstić information content (AvgIpc) is 2.48. The van der Waals surface area contributed by atoms with E-state index < -0.39 is 6.40 Å². The van der Waals surface area contributed by atoms with Gasteiger partial charge in [-0.1, -0.05) is 55.3 Å². The highest BCUT2D eigenvalue weighted by Gasteiger charge is 2.29. The van der Waals surface area contributed by atoms with Gasteiger partial charge in [0.1, 0.15) is 0 Å². The second kappa shape index (κ2) is 7.29. The molecule has 19 heavy (non-hydrogen) atoms. The molecule has 0 saturated heterocycles.